The highest BCUT2D eigenvalue weighted by Crippen LogP contribution is 2.34. The number of anilines is 2. The van der Waals surface area contributed by atoms with Gasteiger partial charge in [-0.2, -0.15) is 5.26 Å². The topological polar surface area (TPSA) is 226 Å². The van der Waals surface area contributed by atoms with Crippen molar-refractivity contribution in [3.05, 3.63) is 407 Å². The molecular formula is C96H69Cl16N7O9. The van der Waals surface area contributed by atoms with Crippen LogP contribution in [0.15, 0.2) is 249 Å². The van der Waals surface area contributed by atoms with E-state index in [0.29, 0.717) is 189 Å². The van der Waals surface area contributed by atoms with E-state index in [1.807, 2.05) is 66.7 Å². The Kier molecular flexibility index (Phi) is 37.2. The fourth-order valence-electron chi connectivity index (χ4n) is 12.4. The molecule has 13 aromatic rings. The Balaban J connectivity index is 0.000000187. The van der Waals surface area contributed by atoms with Crippen molar-refractivity contribution < 1.29 is 43.0 Å². The molecular weight excluding hydrogens is 1960 g/mol. The Morgan fingerprint density at radius 2 is 0.539 bits per heavy atom. The summed E-state index contributed by atoms with van der Waals surface area (Å²) in [6.45, 7) is 1.71. The Morgan fingerprint density at radius 1 is 0.258 bits per heavy atom. The molecule has 0 heterocycles. The molecule has 0 aromatic heterocycles. The summed E-state index contributed by atoms with van der Waals surface area (Å²) in [6, 6.07) is 72.0. The van der Waals surface area contributed by atoms with E-state index in [1.54, 1.807) is 170 Å². The number of nitriles is 1. The van der Waals surface area contributed by atoms with Gasteiger partial charge in [0.05, 0.1) is 71.9 Å². The third-order valence-corrected chi connectivity index (χ3v) is 24.1. The van der Waals surface area contributed by atoms with Crippen molar-refractivity contribution >= 4 is 232 Å². The lowest BCUT2D eigenvalue weighted by atomic mass is 9.99. The van der Waals surface area contributed by atoms with Crippen LogP contribution >= 0.6 is 186 Å². The number of nitrogens with zero attached hydrogens (tertiary/aromatic N) is 1. The van der Waals surface area contributed by atoms with Gasteiger partial charge in [0.25, 0.3) is 35.4 Å². The van der Waals surface area contributed by atoms with Crippen molar-refractivity contribution in [1.29, 1.82) is 5.26 Å². The van der Waals surface area contributed by atoms with Crippen LogP contribution in [-0.4, -0.2) is 61.6 Å². The van der Waals surface area contributed by atoms with Gasteiger partial charge in [-0.15, -0.1) is 0 Å². The molecule has 0 bridgehead atoms. The number of carbonyl (C=O) groups is 6. The lowest BCUT2D eigenvalue weighted by Gasteiger charge is -2.13. The molecule has 16 nitrogen and oxygen atoms in total. The molecule has 0 radical (unpaired) electrons. The number of hydrogen-bond acceptors (Lipinski definition) is 10. The Hall–Kier alpha value is -9.79. The molecule has 0 saturated heterocycles. The maximum atomic E-state index is 13.2. The predicted molar refractivity (Wildman–Crippen MR) is 521 cm³/mol. The zero-order valence-electron chi connectivity index (χ0n) is 66.6. The largest absolute Gasteiger partial charge is 0.489 e. The zero-order valence-corrected chi connectivity index (χ0v) is 78.7. The SMILES string of the molecule is N#Cc1ccccc1-c1ccc(COc2cc(C(=O)NCCc3ccc(Cl)c(Cl)c3)cc(C(=O)NCCc3ccc(Cl)c(Cl)c3)c2)cc1.O=C(NCCc1ccc(Cl)c(Cl)c1)c1cc(COc2ccc(Cl)c(Cl)c2)cc(C(=O)NCCc2ccc(Cl)c(Cl)c2)c1.O=C(Nc1cc(Cl)cc(Cl)c1)c1cc(COc2ccc(Cl)c(Cl)c2)cc(C(=O)Nc2cc(Cl)cc(Cl)c2)c1. The molecule has 32 heteroatoms. The lowest BCUT2D eigenvalue weighted by molar-refractivity contribution is 0.0938. The van der Waals surface area contributed by atoms with Gasteiger partial charge in [0.15, 0.2) is 0 Å². The van der Waals surface area contributed by atoms with Crippen molar-refractivity contribution in [3.63, 3.8) is 0 Å². The molecule has 654 valence electrons. The monoisotopic (exact) mass is 2020 g/mol. The quantitative estimate of drug-likeness (QED) is 0.0250. The molecule has 0 unspecified atom stereocenters. The summed E-state index contributed by atoms with van der Waals surface area (Å²) in [6.07, 6.45) is 2.17. The average Bonchev–Trinajstić information content (AvgIpc) is 0.823. The summed E-state index contributed by atoms with van der Waals surface area (Å²) in [5.41, 5.74) is 10.5. The summed E-state index contributed by atoms with van der Waals surface area (Å²) >= 11 is 96.8. The molecule has 0 atom stereocenters. The van der Waals surface area contributed by atoms with E-state index in [-0.39, 0.29) is 65.7 Å². The summed E-state index contributed by atoms with van der Waals surface area (Å²) in [5.74, 6) is -1.04. The van der Waals surface area contributed by atoms with Crippen LogP contribution in [0.4, 0.5) is 11.4 Å². The van der Waals surface area contributed by atoms with E-state index in [9.17, 15) is 34.0 Å². The highest BCUT2D eigenvalue weighted by Gasteiger charge is 2.21. The van der Waals surface area contributed by atoms with Gasteiger partial charge < -0.3 is 46.1 Å². The first kappa shape index (κ1) is 98.8. The lowest BCUT2D eigenvalue weighted by Crippen LogP contribution is -2.28. The number of benzene rings is 13. The third kappa shape index (κ3) is 30.1. The minimum Gasteiger partial charge on any atom is -0.489 e. The Bertz CT molecular complexity index is 6040. The fourth-order valence-corrected chi connectivity index (χ4v) is 15.3. The van der Waals surface area contributed by atoms with Crippen molar-refractivity contribution in [1.82, 2.24) is 21.3 Å². The summed E-state index contributed by atoms with van der Waals surface area (Å²) < 4.78 is 17.8. The summed E-state index contributed by atoms with van der Waals surface area (Å²) in [5, 5.41) is 33.1. The van der Waals surface area contributed by atoms with E-state index in [1.165, 1.54) is 12.1 Å². The van der Waals surface area contributed by atoms with Gasteiger partial charge >= 0.3 is 0 Å². The second-order valence-electron chi connectivity index (χ2n) is 28.2. The van der Waals surface area contributed by atoms with Crippen LogP contribution in [0, 0.1) is 11.3 Å². The molecule has 0 aliphatic carbocycles. The molecule has 0 fully saturated rings. The van der Waals surface area contributed by atoms with Crippen molar-refractivity contribution in [2.75, 3.05) is 36.8 Å². The van der Waals surface area contributed by atoms with E-state index >= 15 is 0 Å². The number of halogens is 16. The van der Waals surface area contributed by atoms with Crippen LogP contribution in [0.1, 0.15) is 107 Å². The van der Waals surface area contributed by atoms with E-state index in [2.05, 4.69) is 38.0 Å². The Labute approximate surface area is 818 Å². The number of rotatable bonds is 30. The number of carbonyl (C=O) groups excluding carboxylic acids is 6. The molecule has 13 aromatic carbocycles. The van der Waals surface area contributed by atoms with Gasteiger partial charge in [0.1, 0.15) is 37.1 Å². The number of ether oxygens (including phenoxy) is 3. The van der Waals surface area contributed by atoms with Crippen LogP contribution in [0.2, 0.25) is 80.4 Å². The van der Waals surface area contributed by atoms with Gasteiger partial charge in [-0.1, -0.05) is 252 Å². The average molecular weight is 2030 g/mol. The first-order chi connectivity index (χ1) is 61.3. The first-order valence-corrected chi connectivity index (χ1v) is 44.6. The highest BCUT2D eigenvalue weighted by molar-refractivity contribution is 6.45. The summed E-state index contributed by atoms with van der Waals surface area (Å²) in [4.78, 5) is 79.0. The second-order valence-corrected chi connectivity index (χ2v) is 34.8. The van der Waals surface area contributed by atoms with Crippen LogP contribution < -0.4 is 46.1 Å². The number of hydrogen-bond donors (Lipinski definition) is 6. The third-order valence-electron chi connectivity index (χ3n) is 18.8. The molecule has 6 amide bonds. The molecule has 0 aliphatic heterocycles. The number of amides is 6. The molecule has 13 rings (SSSR count). The van der Waals surface area contributed by atoms with Crippen molar-refractivity contribution in [3.8, 4) is 34.4 Å². The normalized spacial score (nSPS) is 10.7. The maximum Gasteiger partial charge on any atom is 0.255 e. The molecule has 128 heavy (non-hydrogen) atoms. The van der Waals surface area contributed by atoms with Crippen LogP contribution in [-0.2, 0) is 45.5 Å². The maximum absolute atomic E-state index is 13.2. The highest BCUT2D eigenvalue weighted by atomic mass is 35.5. The molecule has 6 N–H and O–H groups in total. The van der Waals surface area contributed by atoms with Crippen LogP contribution in [0.5, 0.6) is 17.2 Å². The van der Waals surface area contributed by atoms with Gasteiger partial charge in [-0.3, -0.25) is 28.8 Å². The zero-order chi connectivity index (χ0) is 91.7. The minimum absolute atomic E-state index is 0.0331. The van der Waals surface area contributed by atoms with Crippen LogP contribution in [0.3, 0.4) is 0 Å². The number of nitrogens with one attached hydrogen (secondary N) is 6. The fraction of sp³-hybridized carbons (Fsp3) is 0.115. The van der Waals surface area contributed by atoms with Gasteiger partial charge in [-0.25, -0.2) is 0 Å². The Morgan fingerprint density at radius 3 is 0.859 bits per heavy atom. The van der Waals surface area contributed by atoms with Crippen molar-refractivity contribution in [2.24, 2.45) is 0 Å². The molecule has 0 aliphatic rings. The van der Waals surface area contributed by atoms with E-state index < -0.39 is 11.8 Å². The minimum atomic E-state index is -0.487. The molecule has 0 saturated carbocycles. The smallest absolute Gasteiger partial charge is 0.255 e. The summed E-state index contributed by atoms with van der Waals surface area (Å²) in [7, 11) is 0. The van der Waals surface area contributed by atoms with E-state index in [0.717, 1.165) is 38.9 Å². The first-order valence-electron chi connectivity index (χ1n) is 38.6. The standard InChI is InChI=1S/C38H29Cl4N3O3.C31H24Cl6N2O3.C27H16Cl6N2O3/c39-33-11-7-24(17-35(33)41)13-15-44-37(46)29-19-30(38(47)45-16-14-25-8-12-34(40)36(42)18-25)21-31(20-29)48-23-26-5-9-27(10-6-26)32-4-2-1-3-28(32)22-43;32-24-4-1-18(13-27(24)35)7-9-38-30(40)21-11-20(17-42-23-3-6-26(34)29(37)16-23)12-22(15-21)31(41)39-10-8-19-2-5-25(33)28(36)14-19;28-17-6-18(29)9-21(8-17)34-26(36)15-3-14(13-38-23-1-2-24(32)25(33)12-23)4-16(5-15)27(37)35-22-10-19(30)7-20(31)11-22/h1-12,17-21H,13-16,23H2,(H,44,46)(H,45,47);1-6,11-16H,7-10,17H2,(H,38,40)(H,39,41);1-12H,13H2,(H,34,36)(H,35,37). The molecule has 0 spiro atoms. The van der Waals surface area contributed by atoms with Gasteiger partial charge in [-0.05, 0) is 246 Å². The van der Waals surface area contributed by atoms with E-state index in [4.69, 9.17) is 200 Å². The van der Waals surface area contributed by atoms with Gasteiger partial charge in [0, 0.05) is 103 Å². The predicted octanol–water partition coefficient (Wildman–Crippen LogP) is 28.2. The van der Waals surface area contributed by atoms with Crippen molar-refractivity contribution in [2.45, 2.75) is 45.5 Å². The van der Waals surface area contributed by atoms with Gasteiger partial charge in [0.2, 0.25) is 0 Å². The van der Waals surface area contributed by atoms with Crippen LogP contribution in [0.25, 0.3) is 11.1 Å². The second kappa shape index (κ2) is 48.2.